The smallest absolute Gasteiger partial charge is 0.250 e. The van der Waals surface area contributed by atoms with Crippen molar-refractivity contribution in [3.05, 3.63) is 35.2 Å². The van der Waals surface area contributed by atoms with Gasteiger partial charge >= 0.3 is 0 Å². The van der Waals surface area contributed by atoms with Gasteiger partial charge in [-0.15, -0.1) is 0 Å². The number of aliphatic hydroxyl groups is 1. The van der Waals surface area contributed by atoms with E-state index in [0.717, 1.165) is 0 Å². The molecule has 22 heavy (non-hydrogen) atoms. The van der Waals surface area contributed by atoms with E-state index >= 15 is 0 Å². The fourth-order valence-electron chi connectivity index (χ4n) is 2.58. The first-order valence-electron chi connectivity index (χ1n) is 7.36. The SMILES string of the molecule is CC(O)CC(C)(C)CNC(=O)C1=Cc2cc(F)ccc2OC1. The van der Waals surface area contributed by atoms with Crippen LogP contribution in [0, 0.1) is 11.2 Å². The van der Waals surface area contributed by atoms with Gasteiger partial charge in [-0.2, -0.15) is 0 Å². The highest BCUT2D eigenvalue weighted by molar-refractivity contribution is 5.99. The average Bonchev–Trinajstić information content (AvgIpc) is 2.42. The molecule has 0 bridgehead atoms. The van der Waals surface area contributed by atoms with Crippen LogP contribution >= 0.6 is 0 Å². The molecule has 5 heteroatoms. The van der Waals surface area contributed by atoms with Gasteiger partial charge in [-0.05, 0) is 43.0 Å². The lowest BCUT2D eigenvalue weighted by Gasteiger charge is -2.27. The van der Waals surface area contributed by atoms with Crippen LogP contribution in [0.5, 0.6) is 5.75 Å². The second kappa shape index (κ2) is 6.48. The van der Waals surface area contributed by atoms with Crippen molar-refractivity contribution in [1.29, 1.82) is 0 Å². The minimum atomic E-state index is -0.418. The van der Waals surface area contributed by atoms with Crippen LogP contribution in [0.15, 0.2) is 23.8 Å². The highest BCUT2D eigenvalue weighted by Crippen LogP contribution is 2.27. The Morgan fingerprint density at radius 2 is 2.23 bits per heavy atom. The summed E-state index contributed by atoms with van der Waals surface area (Å²) in [4.78, 5) is 12.2. The third-order valence-electron chi connectivity index (χ3n) is 3.55. The van der Waals surface area contributed by atoms with Gasteiger partial charge in [0.15, 0.2) is 0 Å². The highest BCUT2D eigenvalue weighted by Gasteiger charge is 2.23. The first-order chi connectivity index (χ1) is 10.3. The zero-order valence-electron chi connectivity index (χ0n) is 13.1. The third-order valence-corrected chi connectivity index (χ3v) is 3.55. The topological polar surface area (TPSA) is 58.6 Å². The van der Waals surface area contributed by atoms with E-state index in [2.05, 4.69) is 5.32 Å². The minimum absolute atomic E-state index is 0.168. The van der Waals surface area contributed by atoms with Crippen molar-refractivity contribution in [2.75, 3.05) is 13.2 Å². The van der Waals surface area contributed by atoms with Crippen LogP contribution in [0.4, 0.5) is 4.39 Å². The predicted molar refractivity (Wildman–Crippen MR) is 83.0 cm³/mol. The Balaban J connectivity index is 2.02. The summed E-state index contributed by atoms with van der Waals surface area (Å²) in [6.45, 7) is 6.31. The number of hydrogen-bond acceptors (Lipinski definition) is 3. The summed E-state index contributed by atoms with van der Waals surface area (Å²) >= 11 is 0. The summed E-state index contributed by atoms with van der Waals surface area (Å²) in [6.07, 6.45) is 1.83. The summed E-state index contributed by atoms with van der Waals surface area (Å²) in [6, 6.07) is 4.23. The summed E-state index contributed by atoms with van der Waals surface area (Å²) in [7, 11) is 0. The maximum atomic E-state index is 13.2. The maximum absolute atomic E-state index is 13.2. The summed E-state index contributed by atoms with van der Waals surface area (Å²) < 4.78 is 18.7. The van der Waals surface area contributed by atoms with Crippen molar-refractivity contribution in [2.45, 2.75) is 33.3 Å². The zero-order chi connectivity index (χ0) is 16.3. The van der Waals surface area contributed by atoms with Gasteiger partial charge in [0.05, 0.1) is 11.7 Å². The molecule has 0 aliphatic carbocycles. The molecule has 1 aromatic carbocycles. The van der Waals surface area contributed by atoms with Crippen molar-refractivity contribution in [1.82, 2.24) is 5.32 Å². The number of benzene rings is 1. The van der Waals surface area contributed by atoms with Gasteiger partial charge in [-0.25, -0.2) is 4.39 Å². The molecule has 0 saturated heterocycles. The Morgan fingerprint density at radius 1 is 1.50 bits per heavy atom. The number of carbonyl (C=O) groups excluding carboxylic acids is 1. The van der Waals surface area contributed by atoms with Gasteiger partial charge in [0.25, 0.3) is 5.91 Å². The van der Waals surface area contributed by atoms with E-state index in [9.17, 15) is 14.3 Å². The number of amides is 1. The molecule has 1 aliphatic heterocycles. The maximum Gasteiger partial charge on any atom is 0.250 e. The van der Waals surface area contributed by atoms with Gasteiger partial charge in [-0.1, -0.05) is 13.8 Å². The first kappa shape index (κ1) is 16.5. The molecule has 2 N–H and O–H groups in total. The van der Waals surface area contributed by atoms with Crippen LogP contribution < -0.4 is 10.1 Å². The molecule has 1 aromatic rings. The molecule has 4 nitrogen and oxygen atoms in total. The van der Waals surface area contributed by atoms with Crippen molar-refractivity contribution in [3.8, 4) is 5.75 Å². The summed E-state index contributed by atoms with van der Waals surface area (Å²) in [5.74, 6) is -0.0145. The van der Waals surface area contributed by atoms with Gasteiger partial charge < -0.3 is 15.2 Å². The average molecular weight is 307 g/mol. The Kier molecular flexibility index (Phi) is 4.86. The van der Waals surface area contributed by atoms with Crippen LogP contribution in [0.25, 0.3) is 6.08 Å². The van der Waals surface area contributed by atoms with Gasteiger partial charge in [0, 0.05) is 12.1 Å². The molecule has 1 unspecified atom stereocenters. The molecule has 2 rings (SSSR count). The van der Waals surface area contributed by atoms with Crippen LogP contribution in [0.1, 0.15) is 32.8 Å². The number of halogens is 1. The van der Waals surface area contributed by atoms with Crippen LogP contribution in [-0.4, -0.2) is 30.3 Å². The van der Waals surface area contributed by atoms with Gasteiger partial charge in [0.1, 0.15) is 18.2 Å². The largest absolute Gasteiger partial charge is 0.488 e. The van der Waals surface area contributed by atoms with Gasteiger partial charge in [-0.3, -0.25) is 4.79 Å². The normalized spacial score (nSPS) is 15.4. The Morgan fingerprint density at radius 3 is 2.91 bits per heavy atom. The highest BCUT2D eigenvalue weighted by atomic mass is 19.1. The fraction of sp³-hybridized carbons (Fsp3) is 0.471. The Hall–Kier alpha value is -1.88. The number of fused-ring (bicyclic) bond motifs is 1. The molecule has 0 radical (unpaired) electrons. The van der Waals surface area contributed by atoms with Gasteiger partial charge in [0.2, 0.25) is 0 Å². The quantitative estimate of drug-likeness (QED) is 0.879. The molecule has 1 amide bonds. The summed E-state index contributed by atoms with van der Waals surface area (Å²) in [5.41, 5.74) is 0.829. The Labute approximate surface area is 130 Å². The first-order valence-corrected chi connectivity index (χ1v) is 7.36. The lowest BCUT2D eigenvalue weighted by Crippen LogP contribution is -2.37. The van der Waals surface area contributed by atoms with Crippen LogP contribution in [0.2, 0.25) is 0 Å². The number of ether oxygens (including phenoxy) is 1. The van der Waals surface area contributed by atoms with Crippen LogP contribution in [-0.2, 0) is 4.79 Å². The van der Waals surface area contributed by atoms with Crippen molar-refractivity contribution in [2.24, 2.45) is 5.41 Å². The molecule has 1 atom stereocenters. The molecule has 0 spiro atoms. The minimum Gasteiger partial charge on any atom is -0.488 e. The molecule has 0 fully saturated rings. The number of carbonyl (C=O) groups is 1. The Bertz CT molecular complexity index is 594. The number of nitrogens with one attached hydrogen (secondary N) is 1. The standard InChI is InChI=1S/C17H22FNO3/c1-11(20)8-17(2,3)10-19-16(21)13-6-12-7-14(18)4-5-15(12)22-9-13/h4-7,11,20H,8-10H2,1-3H3,(H,19,21). The van der Waals surface area contributed by atoms with E-state index in [4.69, 9.17) is 4.74 Å². The molecule has 0 saturated carbocycles. The number of rotatable bonds is 5. The monoisotopic (exact) mass is 307 g/mol. The predicted octanol–water partition coefficient (Wildman–Crippen LogP) is 2.51. The molecule has 1 aliphatic rings. The number of hydrogen-bond donors (Lipinski definition) is 2. The lowest BCUT2D eigenvalue weighted by molar-refractivity contribution is -0.118. The van der Waals surface area contributed by atoms with E-state index < -0.39 is 6.10 Å². The second-order valence-electron chi connectivity index (χ2n) is 6.54. The molecule has 0 aromatic heterocycles. The van der Waals surface area contributed by atoms with Crippen molar-refractivity contribution in [3.63, 3.8) is 0 Å². The van der Waals surface area contributed by atoms with Crippen molar-refractivity contribution < 1.29 is 19.0 Å². The van der Waals surface area contributed by atoms with E-state index in [-0.39, 0.29) is 23.7 Å². The third kappa shape index (κ3) is 4.31. The molecular formula is C17H22FNO3. The second-order valence-corrected chi connectivity index (χ2v) is 6.54. The van der Waals surface area contributed by atoms with Crippen LogP contribution in [0.3, 0.4) is 0 Å². The van der Waals surface area contributed by atoms with E-state index in [1.165, 1.54) is 12.1 Å². The lowest BCUT2D eigenvalue weighted by atomic mass is 9.87. The van der Waals surface area contributed by atoms with E-state index in [0.29, 0.717) is 29.9 Å². The van der Waals surface area contributed by atoms with E-state index in [1.54, 1.807) is 19.1 Å². The zero-order valence-corrected chi connectivity index (χ0v) is 13.1. The van der Waals surface area contributed by atoms with E-state index in [1.807, 2.05) is 13.8 Å². The fourth-order valence-corrected chi connectivity index (χ4v) is 2.58. The van der Waals surface area contributed by atoms with Crippen molar-refractivity contribution >= 4 is 12.0 Å². The molecule has 120 valence electrons. The molecule has 1 heterocycles. The summed E-state index contributed by atoms with van der Waals surface area (Å²) in [5, 5.41) is 12.3. The number of aliphatic hydroxyl groups excluding tert-OH is 1. The molecular weight excluding hydrogens is 285 g/mol.